The minimum atomic E-state index is 0.0922. The summed E-state index contributed by atoms with van der Waals surface area (Å²) < 4.78 is 6.39. The maximum absolute atomic E-state index is 11.9. The van der Waals surface area contributed by atoms with Gasteiger partial charge in [0.1, 0.15) is 5.75 Å². The van der Waals surface area contributed by atoms with Crippen molar-refractivity contribution in [1.82, 2.24) is 5.32 Å². The molecule has 2 aromatic carbocycles. The van der Waals surface area contributed by atoms with E-state index in [1.807, 2.05) is 36.4 Å². The normalized spacial score (nSPS) is 10.3. The van der Waals surface area contributed by atoms with Gasteiger partial charge in [0.2, 0.25) is 5.91 Å². The molecule has 116 valence electrons. The maximum Gasteiger partial charge on any atom is 0.220 e. The number of hydrogen-bond donors (Lipinski definition) is 1. The van der Waals surface area contributed by atoms with E-state index in [-0.39, 0.29) is 5.91 Å². The molecule has 0 radical (unpaired) electrons. The fraction of sp³-hybridized carbons (Fsp3) is 0.278. The minimum absolute atomic E-state index is 0.0922. The minimum Gasteiger partial charge on any atom is -0.497 e. The van der Waals surface area contributed by atoms with E-state index >= 15 is 0 Å². The van der Waals surface area contributed by atoms with Gasteiger partial charge in [-0.1, -0.05) is 30.3 Å². The van der Waals surface area contributed by atoms with Gasteiger partial charge >= 0.3 is 0 Å². The number of hydrogen-bond acceptors (Lipinski definition) is 2. The molecule has 0 bridgehead atoms. The lowest BCUT2D eigenvalue weighted by Gasteiger charge is -2.08. The number of benzene rings is 2. The van der Waals surface area contributed by atoms with Crippen LogP contribution in [-0.4, -0.2) is 19.6 Å². The molecule has 0 atom stereocenters. The molecule has 0 unspecified atom stereocenters. The predicted octanol–water partition coefficient (Wildman–Crippen LogP) is 3.59. The van der Waals surface area contributed by atoms with Crippen molar-refractivity contribution in [1.29, 1.82) is 0 Å². The third-order valence-electron chi connectivity index (χ3n) is 3.45. The molecule has 0 saturated carbocycles. The second kappa shape index (κ2) is 8.78. The van der Waals surface area contributed by atoms with Gasteiger partial charge in [-0.3, -0.25) is 4.79 Å². The van der Waals surface area contributed by atoms with Gasteiger partial charge in [0.15, 0.2) is 0 Å². The molecule has 0 fully saturated rings. The van der Waals surface area contributed by atoms with Crippen LogP contribution in [-0.2, 0) is 17.6 Å². The fourth-order valence-electron chi connectivity index (χ4n) is 2.20. The highest BCUT2D eigenvalue weighted by Crippen LogP contribution is 2.20. The Morgan fingerprint density at radius 3 is 2.64 bits per heavy atom. The topological polar surface area (TPSA) is 38.3 Å². The first-order valence-corrected chi connectivity index (χ1v) is 8.40. The monoisotopic (exact) mass is 409 g/mol. The number of nitrogens with one attached hydrogen (secondary N) is 1. The molecule has 22 heavy (non-hydrogen) atoms. The van der Waals surface area contributed by atoms with E-state index < -0.39 is 0 Å². The van der Waals surface area contributed by atoms with Gasteiger partial charge in [0.05, 0.1) is 7.11 Å². The standard InChI is InChI=1S/C18H20INO2/c1-22-16-8-9-17(19)15(13-16)7-10-18(21)20-12-11-14-5-3-2-4-6-14/h2-6,8-9,13H,7,10-12H2,1H3,(H,20,21). The summed E-state index contributed by atoms with van der Waals surface area (Å²) in [5.41, 5.74) is 2.39. The van der Waals surface area contributed by atoms with Crippen molar-refractivity contribution < 1.29 is 9.53 Å². The van der Waals surface area contributed by atoms with Gasteiger partial charge in [-0.05, 0) is 64.8 Å². The number of amides is 1. The predicted molar refractivity (Wildman–Crippen MR) is 97.2 cm³/mol. The van der Waals surface area contributed by atoms with Gasteiger partial charge in [-0.15, -0.1) is 0 Å². The molecule has 1 amide bonds. The molecule has 0 saturated heterocycles. The van der Waals surface area contributed by atoms with Crippen LogP contribution in [0, 0.1) is 3.57 Å². The van der Waals surface area contributed by atoms with Crippen LogP contribution >= 0.6 is 22.6 Å². The number of ether oxygens (including phenoxy) is 1. The lowest BCUT2D eigenvalue weighted by Crippen LogP contribution is -2.25. The first-order chi connectivity index (χ1) is 10.7. The number of carbonyl (C=O) groups is 1. The first kappa shape index (κ1) is 16.8. The summed E-state index contributed by atoms with van der Waals surface area (Å²) in [5, 5.41) is 2.98. The number of carbonyl (C=O) groups excluding carboxylic acids is 1. The summed E-state index contributed by atoms with van der Waals surface area (Å²) >= 11 is 2.29. The zero-order chi connectivity index (χ0) is 15.8. The van der Waals surface area contributed by atoms with Crippen molar-refractivity contribution in [3.05, 3.63) is 63.2 Å². The van der Waals surface area contributed by atoms with Crippen LogP contribution in [0.4, 0.5) is 0 Å². The molecule has 0 aromatic heterocycles. The SMILES string of the molecule is COc1ccc(I)c(CCC(=O)NCCc2ccccc2)c1. The van der Waals surface area contributed by atoms with Crippen molar-refractivity contribution in [3.8, 4) is 5.75 Å². The van der Waals surface area contributed by atoms with E-state index in [2.05, 4.69) is 40.0 Å². The Kier molecular flexibility index (Phi) is 6.71. The van der Waals surface area contributed by atoms with Crippen LogP contribution in [0.15, 0.2) is 48.5 Å². The van der Waals surface area contributed by atoms with Gasteiger partial charge in [0.25, 0.3) is 0 Å². The highest BCUT2D eigenvalue weighted by atomic mass is 127. The first-order valence-electron chi connectivity index (χ1n) is 7.32. The smallest absolute Gasteiger partial charge is 0.220 e. The molecule has 3 nitrogen and oxygen atoms in total. The molecule has 2 aromatic rings. The second-order valence-corrected chi connectivity index (χ2v) is 6.21. The highest BCUT2D eigenvalue weighted by molar-refractivity contribution is 14.1. The van der Waals surface area contributed by atoms with Crippen molar-refractivity contribution in [2.45, 2.75) is 19.3 Å². The quantitative estimate of drug-likeness (QED) is 0.710. The molecular weight excluding hydrogens is 389 g/mol. The summed E-state index contributed by atoms with van der Waals surface area (Å²) in [5.74, 6) is 0.925. The van der Waals surface area contributed by atoms with Crippen molar-refractivity contribution in [3.63, 3.8) is 0 Å². The Morgan fingerprint density at radius 2 is 1.91 bits per heavy atom. The van der Waals surface area contributed by atoms with E-state index in [0.717, 1.165) is 27.7 Å². The Morgan fingerprint density at radius 1 is 1.14 bits per heavy atom. The molecule has 1 N–H and O–H groups in total. The number of aryl methyl sites for hydroxylation is 1. The Labute approximate surface area is 145 Å². The van der Waals surface area contributed by atoms with Gasteiger partial charge in [-0.25, -0.2) is 0 Å². The van der Waals surface area contributed by atoms with Gasteiger partial charge in [0, 0.05) is 16.5 Å². The summed E-state index contributed by atoms with van der Waals surface area (Å²) in [7, 11) is 1.66. The number of rotatable bonds is 7. The highest BCUT2D eigenvalue weighted by Gasteiger charge is 2.06. The Bertz CT molecular complexity index is 614. The average Bonchev–Trinajstić information content (AvgIpc) is 2.55. The van der Waals surface area contributed by atoms with Gasteiger partial charge in [-0.2, -0.15) is 0 Å². The molecule has 4 heteroatoms. The van der Waals surface area contributed by atoms with Crippen molar-refractivity contribution in [2.75, 3.05) is 13.7 Å². The molecule has 0 aliphatic rings. The molecule has 0 heterocycles. The van der Waals surface area contributed by atoms with E-state index in [1.165, 1.54) is 5.56 Å². The third-order valence-corrected chi connectivity index (χ3v) is 4.51. The number of halogens is 1. The van der Waals surface area contributed by atoms with Crippen LogP contribution in [0.3, 0.4) is 0 Å². The van der Waals surface area contributed by atoms with E-state index in [4.69, 9.17) is 4.74 Å². The van der Waals surface area contributed by atoms with E-state index in [1.54, 1.807) is 7.11 Å². The third kappa shape index (κ3) is 5.33. The van der Waals surface area contributed by atoms with Crippen molar-refractivity contribution >= 4 is 28.5 Å². The summed E-state index contributed by atoms with van der Waals surface area (Å²) in [6, 6.07) is 16.1. The van der Waals surface area contributed by atoms with Crippen molar-refractivity contribution in [2.24, 2.45) is 0 Å². The molecule has 0 spiro atoms. The summed E-state index contributed by atoms with van der Waals surface area (Å²) in [4.78, 5) is 11.9. The average molecular weight is 409 g/mol. The van der Waals surface area contributed by atoms with Gasteiger partial charge < -0.3 is 10.1 Å². The molecular formula is C18H20INO2. The molecule has 0 aliphatic carbocycles. The lowest BCUT2D eigenvalue weighted by molar-refractivity contribution is -0.121. The van der Waals surface area contributed by atoms with E-state index in [0.29, 0.717) is 13.0 Å². The van der Waals surface area contributed by atoms with E-state index in [9.17, 15) is 4.79 Å². The van der Waals surface area contributed by atoms with Crippen LogP contribution in [0.5, 0.6) is 5.75 Å². The van der Waals surface area contributed by atoms with Crippen LogP contribution in [0.1, 0.15) is 17.5 Å². The van der Waals surface area contributed by atoms with Crippen LogP contribution in [0.2, 0.25) is 0 Å². The van der Waals surface area contributed by atoms with Crippen LogP contribution in [0.25, 0.3) is 0 Å². The lowest BCUT2D eigenvalue weighted by atomic mass is 10.1. The Balaban J connectivity index is 1.76. The molecule has 2 rings (SSSR count). The second-order valence-electron chi connectivity index (χ2n) is 5.04. The molecule has 0 aliphatic heterocycles. The fourth-order valence-corrected chi connectivity index (χ4v) is 2.80. The Hall–Kier alpha value is -1.56. The van der Waals surface area contributed by atoms with Crippen LogP contribution < -0.4 is 10.1 Å². The summed E-state index contributed by atoms with van der Waals surface area (Å²) in [6.07, 6.45) is 2.09. The zero-order valence-electron chi connectivity index (χ0n) is 12.6. The largest absolute Gasteiger partial charge is 0.497 e. The zero-order valence-corrected chi connectivity index (χ0v) is 14.8. The summed E-state index contributed by atoms with van der Waals surface area (Å²) in [6.45, 7) is 0.679. The maximum atomic E-state index is 11.9. The number of methoxy groups -OCH3 is 1.